The van der Waals surface area contributed by atoms with Crippen molar-refractivity contribution in [2.24, 2.45) is 5.92 Å². The summed E-state index contributed by atoms with van der Waals surface area (Å²) in [6, 6.07) is 6.83. The van der Waals surface area contributed by atoms with Crippen molar-refractivity contribution in [3.05, 3.63) is 29.8 Å². The highest BCUT2D eigenvalue weighted by Gasteiger charge is 2.38. The summed E-state index contributed by atoms with van der Waals surface area (Å²) in [5.74, 6) is -1.10. The second-order valence-corrected chi connectivity index (χ2v) is 4.59. The fourth-order valence-corrected chi connectivity index (χ4v) is 2.74. The number of phenols is 1. The SMILES string of the molecule is O=C(O)CC1CC[C@@H](O)C1c1ccccc1O. The maximum absolute atomic E-state index is 10.8. The molecule has 1 aromatic carbocycles. The predicted molar refractivity (Wildman–Crippen MR) is 61.8 cm³/mol. The van der Waals surface area contributed by atoms with E-state index in [1.165, 1.54) is 0 Å². The van der Waals surface area contributed by atoms with Gasteiger partial charge in [0.05, 0.1) is 6.10 Å². The van der Waals surface area contributed by atoms with E-state index >= 15 is 0 Å². The minimum absolute atomic E-state index is 0.0378. The largest absolute Gasteiger partial charge is 0.508 e. The Bertz CT molecular complexity index is 416. The van der Waals surface area contributed by atoms with Gasteiger partial charge in [0.25, 0.3) is 0 Å². The third-order valence-electron chi connectivity index (χ3n) is 3.49. The fourth-order valence-electron chi connectivity index (χ4n) is 2.74. The summed E-state index contributed by atoms with van der Waals surface area (Å²) in [6.45, 7) is 0. The van der Waals surface area contributed by atoms with Crippen LogP contribution in [0.25, 0.3) is 0 Å². The molecule has 0 amide bonds. The first-order valence-electron chi connectivity index (χ1n) is 5.77. The number of carboxylic acids is 1. The van der Waals surface area contributed by atoms with Gasteiger partial charge in [-0.15, -0.1) is 0 Å². The van der Waals surface area contributed by atoms with Crippen molar-refractivity contribution in [1.82, 2.24) is 0 Å². The lowest BCUT2D eigenvalue weighted by molar-refractivity contribution is -0.138. The van der Waals surface area contributed by atoms with Crippen LogP contribution in [-0.2, 0) is 4.79 Å². The predicted octanol–water partition coefficient (Wildman–Crippen LogP) is 1.72. The van der Waals surface area contributed by atoms with Gasteiger partial charge in [-0.2, -0.15) is 0 Å². The molecule has 2 rings (SSSR count). The van der Waals surface area contributed by atoms with Crippen molar-refractivity contribution in [2.45, 2.75) is 31.3 Å². The van der Waals surface area contributed by atoms with Crippen LogP contribution in [-0.4, -0.2) is 27.4 Å². The van der Waals surface area contributed by atoms with E-state index in [0.29, 0.717) is 18.4 Å². The summed E-state index contributed by atoms with van der Waals surface area (Å²) in [6.07, 6.45) is 0.757. The molecular weight excluding hydrogens is 220 g/mol. The maximum atomic E-state index is 10.8. The van der Waals surface area contributed by atoms with Crippen LogP contribution >= 0.6 is 0 Å². The minimum atomic E-state index is -0.857. The number of carbonyl (C=O) groups is 1. The van der Waals surface area contributed by atoms with Crippen molar-refractivity contribution < 1.29 is 20.1 Å². The lowest BCUT2D eigenvalue weighted by Gasteiger charge is -2.22. The van der Waals surface area contributed by atoms with Crippen LogP contribution in [0.2, 0.25) is 0 Å². The lowest BCUT2D eigenvalue weighted by Crippen LogP contribution is -2.19. The molecule has 3 N–H and O–H groups in total. The highest BCUT2D eigenvalue weighted by Crippen LogP contribution is 2.44. The maximum Gasteiger partial charge on any atom is 0.303 e. The number of carboxylic acid groups (broad SMARTS) is 1. The van der Waals surface area contributed by atoms with Crippen LogP contribution in [0, 0.1) is 5.92 Å². The summed E-state index contributed by atoms with van der Waals surface area (Å²) in [5, 5.41) is 28.6. The van der Waals surface area contributed by atoms with Crippen LogP contribution in [0.4, 0.5) is 0 Å². The number of aliphatic hydroxyl groups excluding tert-OH is 1. The van der Waals surface area contributed by atoms with Crippen LogP contribution in [0.5, 0.6) is 5.75 Å². The average molecular weight is 236 g/mol. The Hall–Kier alpha value is -1.55. The molecule has 2 unspecified atom stereocenters. The first-order valence-corrected chi connectivity index (χ1v) is 5.77. The molecule has 4 heteroatoms. The van der Waals surface area contributed by atoms with Crippen molar-refractivity contribution in [3.8, 4) is 5.75 Å². The van der Waals surface area contributed by atoms with Crippen molar-refractivity contribution >= 4 is 5.97 Å². The number of rotatable bonds is 3. The molecule has 1 aromatic rings. The van der Waals surface area contributed by atoms with E-state index in [9.17, 15) is 15.0 Å². The molecule has 0 aliphatic heterocycles. The lowest BCUT2D eigenvalue weighted by atomic mass is 9.85. The van der Waals surface area contributed by atoms with E-state index < -0.39 is 12.1 Å². The minimum Gasteiger partial charge on any atom is -0.508 e. The fraction of sp³-hybridized carbons (Fsp3) is 0.462. The molecule has 0 heterocycles. The molecule has 17 heavy (non-hydrogen) atoms. The van der Waals surface area contributed by atoms with Gasteiger partial charge in [0, 0.05) is 12.3 Å². The van der Waals surface area contributed by atoms with Crippen LogP contribution in [0.1, 0.15) is 30.7 Å². The Morgan fingerprint density at radius 3 is 2.65 bits per heavy atom. The number of phenolic OH excluding ortho intramolecular Hbond substituents is 1. The Kier molecular flexibility index (Phi) is 3.33. The smallest absolute Gasteiger partial charge is 0.303 e. The summed E-state index contributed by atoms with van der Waals surface area (Å²) in [7, 11) is 0. The number of aliphatic carboxylic acids is 1. The first-order chi connectivity index (χ1) is 8.09. The first kappa shape index (κ1) is 11.9. The number of hydrogen-bond acceptors (Lipinski definition) is 3. The zero-order chi connectivity index (χ0) is 12.4. The van der Waals surface area contributed by atoms with Gasteiger partial charge in [0.1, 0.15) is 5.75 Å². The third kappa shape index (κ3) is 2.42. The van der Waals surface area contributed by atoms with Crippen LogP contribution < -0.4 is 0 Å². The Balaban J connectivity index is 2.27. The van der Waals surface area contributed by atoms with Gasteiger partial charge >= 0.3 is 5.97 Å². The standard InChI is InChI=1S/C13H16O4/c14-10-4-2-1-3-9(10)13-8(7-12(16)17)5-6-11(13)15/h1-4,8,11,13-15H,5-7H2,(H,16,17)/t8?,11-,13?/m1/s1. The second kappa shape index (κ2) is 4.75. The molecule has 4 nitrogen and oxygen atoms in total. The van der Waals surface area contributed by atoms with Gasteiger partial charge in [-0.3, -0.25) is 4.79 Å². The van der Waals surface area contributed by atoms with E-state index in [0.717, 1.165) is 0 Å². The molecule has 0 spiro atoms. The molecular formula is C13H16O4. The number of aromatic hydroxyl groups is 1. The van der Waals surface area contributed by atoms with Gasteiger partial charge in [0.2, 0.25) is 0 Å². The van der Waals surface area contributed by atoms with Crippen LogP contribution in [0.3, 0.4) is 0 Å². The van der Waals surface area contributed by atoms with Gasteiger partial charge < -0.3 is 15.3 Å². The molecule has 0 radical (unpaired) electrons. The van der Waals surface area contributed by atoms with E-state index in [4.69, 9.17) is 5.11 Å². The molecule has 3 atom stereocenters. The zero-order valence-electron chi connectivity index (χ0n) is 9.41. The van der Waals surface area contributed by atoms with Gasteiger partial charge in [0.15, 0.2) is 0 Å². The zero-order valence-corrected chi connectivity index (χ0v) is 9.41. The summed E-state index contributed by atoms with van der Waals surface area (Å²) in [5.41, 5.74) is 0.656. The van der Waals surface area contributed by atoms with Gasteiger partial charge in [-0.25, -0.2) is 0 Å². The second-order valence-electron chi connectivity index (χ2n) is 4.59. The number of benzene rings is 1. The molecule has 1 saturated carbocycles. The van der Waals surface area contributed by atoms with Crippen molar-refractivity contribution in [1.29, 1.82) is 0 Å². The molecule has 1 aliphatic rings. The Labute approximate surface area is 99.5 Å². The average Bonchev–Trinajstić information content (AvgIpc) is 2.60. The van der Waals surface area contributed by atoms with Crippen molar-refractivity contribution in [3.63, 3.8) is 0 Å². The summed E-state index contributed by atoms with van der Waals surface area (Å²) < 4.78 is 0. The molecule has 92 valence electrons. The Morgan fingerprint density at radius 2 is 2.00 bits per heavy atom. The highest BCUT2D eigenvalue weighted by molar-refractivity contribution is 5.67. The Morgan fingerprint density at radius 1 is 1.29 bits per heavy atom. The monoisotopic (exact) mass is 236 g/mol. The molecule has 1 aliphatic carbocycles. The van der Waals surface area contributed by atoms with Gasteiger partial charge in [-0.1, -0.05) is 18.2 Å². The number of hydrogen-bond donors (Lipinski definition) is 3. The third-order valence-corrected chi connectivity index (χ3v) is 3.49. The van der Waals surface area contributed by atoms with Gasteiger partial charge in [-0.05, 0) is 30.4 Å². The van der Waals surface area contributed by atoms with E-state index in [1.807, 2.05) is 0 Å². The normalized spacial score (nSPS) is 28.2. The van der Waals surface area contributed by atoms with Crippen LogP contribution in [0.15, 0.2) is 24.3 Å². The number of aliphatic hydroxyl groups is 1. The topological polar surface area (TPSA) is 77.8 Å². The summed E-state index contributed by atoms with van der Waals surface area (Å²) in [4.78, 5) is 10.8. The molecule has 0 bridgehead atoms. The van der Waals surface area contributed by atoms with E-state index in [2.05, 4.69) is 0 Å². The van der Waals surface area contributed by atoms with E-state index in [1.54, 1.807) is 24.3 Å². The molecule has 1 fully saturated rings. The molecule has 0 saturated heterocycles. The van der Waals surface area contributed by atoms with E-state index in [-0.39, 0.29) is 24.0 Å². The molecule has 0 aromatic heterocycles. The van der Waals surface area contributed by atoms with Crippen molar-refractivity contribution in [2.75, 3.05) is 0 Å². The quantitative estimate of drug-likeness (QED) is 0.746. The highest BCUT2D eigenvalue weighted by atomic mass is 16.4. The number of para-hydroxylation sites is 1. The summed E-state index contributed by atoms with van der Waals surface area (Å²) >= 11 is 0.